The summed E-state index contributed by atoms with van der Waals surface area (Å²) in [5, 5.41) is 3.07. The summed E-state index contributed by atoms with van der Waals surface area (Å²) in [5.74, 6) is -0.297. The van der Waals surface area contributed by atoms with E-state index in [1.807, 2.05) is 0 Å². The molecule has 5 heteroatoms. The Morgan fingerprint density at radius 2 is 2.62 bits per heavy atom. The SMILES string of the molecule is COC(=O)c1cc2c(s1)C=NCN2. The van der Waals surface area contributed by atoms with E-state index >= 15 is 0 Å². The Balaban J connectivity index is 2.36. The normalized spacial score (nSPS) is 13.3. The van der Waals surface area contributed by atoms with Gasteiger partial charge in [-0.3, -0.25) is 4.99 Å². The van der Waals surface area contributed by atoms with Crippen molar-refractivity contribution in [1.29, 1.82) is 0 Å². The molecule has 0 spiro atoms. The molecule has 0 aromatic carbocycles. The van der Waals surface area contributed by atoms with Gasteiger partial charge in [0.2, 0.25) is 0 Å². The minimum Gasteiger partial charge on any atom is -0.465 e. The number of esters is 1. The smallest absolute Gasteiger partial charge is 0.348 e. The third-order valence-corrected chi connectivity index (χ3v) is 2.77. The Labute approximate surface area is 79.2 Å². The highest BCUT2D eigenvalue weighted by molar-refractivity contribution is 7.16. The molecule has 1 aromatic heterocycles. The summed E-state index contributed by atoms with van der Waals surface area (Å²) in [6, 6.07) is 1.79. The van der Waals surface area contributed by atoms with Gasteiger partial charge in [0, 0.05) is 6.21 Å². The van der Waals surface area contributed by atoms with Crippen LogP contribution in [0.4, 0.5) is 5.69 Å². The van der Waals surface area contributed by atoms with Crippen LogP contribution in [0.2, 0.25) is 0 Å². The van der Waals surface area contributed by atoms with Crippen molar-refractivity contribution in [1.82, 2.24) is 0 Å². The number of thiophene rings is 1. The average Bonchev–Trinajstić information content (AvgIpc) is 2.59. The molecule has 0 bridgehead atoms. The van der Waals surface area contributed by atoms with Gasteiger partial charge in [-0.1, -0.05) is 0 Å². The molecule has 0 fully saturated rings. The van der Waals surface area contributed by atoms with Gasteiger partial charge in [-0.15, -0.1) is 11.3 Å². The van der Waals surface area contributed by atoms with Crippen LogP contribution in [-0.2, 0) is 4.74 Å². The molecule has 13 heavy (non-hydrogen) atoms. The van der Waals surface area contributed by atoms with Crippen molar-refractivity contribution in [2.75, 3.05) is 19.1 Å². The molecule has 1 N–H and O–H groups in total. The number of rotatable bonds is 1. The lowest BCUT2D eigenvalue weighted by Gasteiger charge is -2.05. The average molecular weight is 196 g/mol. The monoisotopic (exact) mass is 196 g/mol. The molecule has 0 saturated heterocycles. The summed E-state index contributed by atoms with van der Waals surface area (Å²) in [6.45, 7) is 0.574. The molecule has 0 amide bonds. The molecule has 4 nitrogen and oxygen atoms in total. The predicted octanol–water partition coefficient (Wildman–Crippen LogP) is 1.34. The van der Waals surface area contributed by atoms with Crippen molar-refractivity contribution in [2.45, 2.75) is 0 Å². The first-order chi connectivity index (χ1) is 6.31. The maximum Gasteiger partial charge on any atom is 0.348 e. The van der Waals surface area contributed by atoms with E-state index < -0.39 is 0 Å². The fourth-order valence-electron chi connectivity index (χ4n) is 1.10. The molecule has 2 heterocycles. The first kappa shape index (κ1) is 8.25. The second-order valence-electron chi connectivity index (χ2n) is 2.53. The number of aliphatic imine (C=N–C) groups is 1. The van der Waals surface area contributed by atoms with Gasteiger partial charge in [0.15, 0.2) is 0 Å². The number of nitrogens with one attached hydrogen (secondary N) is 1. The van der Waals surface area contributed by atoms with Gasteiger partial charge >= 0.3 is 5.97 Å². The van der Waals surface area contributed by atoms with Crippen LogP contribution in [0, 0.1) is 0 Å². The number of fused-ring (bicyclic) bond motifs is 1. The van der Waals surface area contributed by atoms with E-state index in [4.69, 9.17) is 0 Å². The zero-order valence-corrected chi connectivity index (χ0v) is 7.85. The summed E-state index contributed by atoms with van der Waals surface area (Å²) in [4.78, 5) is 16.8. The van der Waals surface area contributed by atoms with Crippen molar-refractivity contribution in [3.63, 3.8) is 0 Å². The van der Waals surface area contributed by atoms with Gasteiger partial charge in [0.05, 0.1) is 17.7 Å². The van der Waals surface area contributed by atoms with Crippen LogP contribution in [0.3, 0.4) is 0 Å². The van der Waals surface area contributed by atoms with Crippen LogP contribution in [0.5, 0.6) is 0 Å². The number of anilines is 1. The van der Waals surface area contributed by atoms with Crippen molar-refractivity contribution in [3.05, 3.63) is 15.8 Å². The lowest BCUT2D eigenvalue weighted by molar-refractivity contribution is 0.0606. The van der Waals surface area contributed by atoms with Gasteiger partial charge in [-0.25, -0.2) is 4.79 Å². The van der Waals surface area contributed by atoms with Gasteiger partial charge < -0.3 is 10.1 Å². The molecule has 1 aliphatic rings. The molecule has 0 atom stereocenters. The quantitative estimate of drug-likeness (QED) is 0.689. The molecule has 1 aliphatic heterocycles. The molecule has 0 saturated carbocycles. The van der Waals surface area contributed by atoms with Crippen molar-refractivity contribution >= 4 is 29.2 Å². The molecule has 68 valence electrons. The Bertz CT molecular complexity index is 370. The van der Waals surface area contributed by atoms with E-state index in [1.54, 1.807) is 12.3 Å². The van der Waals surface area contributed by atoms with Crippen molar-refractivity contribution < 1.29 is 9.53 Å². The maximum atomic E-state index is 11.1. The fraction of sp³-hybridized carbons (Fsp3) is 0.250. The summed E-state index contributed by atoms with van der Waals surface area (Å²) in [6.07, 6.45) is 1.77. The Kier molecular flexibility index (Phi) is 2.02. The van der Waals surface area contributed by atoms with Gasteiger partial charge in [0.1, 0.15) is 11.5 Å². The Morgan fingerprint density at radius 1 is 1.77 bits per heavy atom. The number of methoxy groups -OCH3 is 1. The molecule has 0 aliphatic carbocycles. The van der Waals surface area contributed by atoms with Crippen molar-refractivity contribution in [3.8, 4) is 0 Å². The highest BCUT2D eigenvalue weighted by atomic mass is 32.1. The standard InChI is InChI=1S/C8H8N2O2S/c1-12-8(11)6-2-5-7(13-6)3-9-4-10-5/h2-3,10H,4H2,1H3. The van der Waals surface area contributed by atoms with E-state index in [2.05, 4.69) is 15.0 Å². The fourth-order valence-corrected chi connectivity index (χ4v) is 2.05. The van der Waals surface area contributed by atoms with Crippen LogP contribution in [0.15, 0.2) is 11.1 Å². The second kappa shape index (κ2) is 3.18. The number of ether oxygens (including phenoxy) is 1. The van der Waals surface area contributed by atoms with Crippen LogP contribution in [0.1, 0.15) is 14.5 Å². The summed E-state index contributed by atoms with van der Waals surface area (Å²) in [7, 11) is 1.38. The van der Waals surface area contributed by atoms with Gasteiger partial charge in [-0.2, -0.15) is 0 Å². The molecular formula is C8H8N2O2S. The highest BCUT2D eigenvalue weighted by Crippen LogP contribution is 2.27. The topological polar surface area (TPSA) is 50.7 Å². The number of carbonyl (C=O) groups is 1. The third-order valence-electron chi connectivity index (χ3n) is 1.72. The number of nitrogens with zero attached hydrogens (tertiary/aromatic N) is 1. The molecule has 0 radical (unpaired) electrons. The molecular weight excluding hydrogens is 188 g/mol. The van der Waals surface area contributed by atoms with Crippen LogP contribution in [0.25, 0.3) is 0 Å². The number of hydrogen-bond donors (Lipinski definition) is 1. The van der Waals surface area contributed by atoms with Crippen LogP contribution in [-0.4, -0.2) is 26.0 Å². The summed E-state index contributed by atoms with van der Waals surface area (Å²) in [5.41, 5.74) is 0.959. The summed E-state index contributed by atoms with van der Waals surface area (Å²) < 4.78 is 4.61. The van der Waals surface area contributed by atoms with Crippen LogP contribution < -0.4 is 5.32 Å². The first-order valence-corrected chi connectivity index (χ1v) is 4.59. The molecule has 0 unspecified atom stereocenters. The largest absolute Gasteiger partial charge is 0.465 e. The van der Waals surface area contributed by atoms with E-state index in [9.17, 15) is 4.79 Å². The molecule has 1 aromatic rings. The predicted molar refractivity (Wildman–Crippen MR) is 51.7 cm³/mol. The van der Waals surface area contributed by atoms with Gasteiger partial charge in [-0.05, 0) is 6.07 Å². The minimum atomic E-state index is -0.297. The van der Waals surface area contributed by atoms with E-state index in [0.29, 0.717) is 11.5 Å². The lowest BCUT2D eigenvalue weighted by Crippen LogP contribution is -2.04. The summed E-state index contributed by atoms with van der Waals surface area (Å²) >= 11 is 1.38. The second-order valence-corrected chi connectivity index (χ2v) is 3.61. The highest BCUT2D eigenvalue weighted by Gasteiger charge is 2.14. The minimum absolute atomic E-state index is 0.297. The van der Waals surface area contributed by atoms with Crippen LogP contribution >= 0.6 is 11.3 Å². The van der Waals surface area contributed by atoms with Crippen molar-refractivity contribution in [2.24, 2.45) is 4.99 Å². The lowest BCUT2D eigenvalue weighted by atomic mass is 10.3. The number of carbonyl (C=O) groups excluding carboxylic acids is 1. The zero-order chi connectivity index (χ0) is 9.26. The van der Waals surface area contributed by atoms with E-state index in [1.165, 1.54) is 18.4 Å². The molecule has 2 rings (SSSR count). The Hall–Kier alpha value is -1.36. The van der Waals surface area contributed by atoms with E-state index in [-0.39, 0.29) is 5.97 Å². The third kappa shape index (κ3) is 1.42. The first-order valence-electron chi connectivity index (χ1n) is 3.77. The number of hydrogen-bond acceptors (Lipinski definition) is 5. The Morgan fingerprint density at radius 3 is 3.31 bits per heavy atom. The van der Waals surface area contributed by atoms with Gasteiger partial charge in [0.25, 0.3) is 0 Å². The maximum absolute atomic E-state index is 11.1. The van der Waals surface area contributed by atoms with E-state index in [0.717, 1.165) is 10.6 Å². The zero-order valence-electron chi connectivity index (χ0n) is 7.03.